The van der Waals surface area contributed by atoms with Crippen molar-refractivity contribution in [3.8, 4) is 11.8 Å². The zero-order valence-corrected chi connectivity index (χ0v) is 12.6. The summed E-state index contributed by atoms with van der Waals surface area (Å²) in [6, 6.07) is 2.71. The van der Waals surface area contributed by atoms with Gasteiger partial charge >= 0.3 is 0 Å². The van der Waals surface area contributed by atoms with Gasteiger partial charge in [0, 0.05) is 29.9 Å². The first kappa shape index (κ1) is 14.9. The molecule has 0 spiro atoms. The Kier molecular flexibility index (Phi) is 5.04. The maximum Gasteiger partial charge on any atom is 0.0834 e. The van der Waals surface area contributed by atoms with E-state index in [-0.39, 0.29) is 5.41 Å². The molecule has 0 radical (unpaired) electrons. The molecule has 1 aromatic rings. The number of hydrogen-bond donors (Lipinski definition) is 1. The van der Waals surface area contributed by atoms with Crippen molar-refractivity contribution < 1.29 is 0 Å². The first-order chi connectivity index (χ1) is 8.29. The van der Waals surface area contributed by atoms with Gasteiger partial charge in [0.15, 0.2) is 0 Å². The second kappa shape index (κ2) is 6.11. The van der Waals surface area contributed by atoms with Gasteiger partial charge in [0.25, 0.3) is 0 Å². The molecule has 1 N–H and O–H groups in total. The maximum atomic E-state index is 3.45. The van der Waals surface area contributed by atoms with Gasteiger partial charge in [-0.3, -0.25) is 0 Å². The third-order valence-corrected chi connectivity index (χ3v) is 2.76. The molecule has 0 aliphatic heterocycles. The van der Waals surface area contributed by atoms with E-state index in [0.717, 1.165) is 13.1 Å². The van der Waals surface area contributed by atoms with Crippen LogP contribution in [-0.4, -0.2) is 10.6 Å². The van der Waals surface area contributed by atoms with E-state index < -0.39 is 0 Å². The minimum absolute atomic E-state index is 0.0864. The van der Waals surface area contributed by atoms with E-state index in [9.17, 15) is 0 Å². The van der Waals surface area contributed by atoms with Crippen LogP contribution in [0.15, 0.2) is 12.3 Å². The van der Waals surface area contributed by atoms with Gasteiger partial charge < -0.3 is 9.88 Å². The summed E-state index contributed by atoms with van der Waals surface area (Å²) in [5.41, 5.74) is 2.76. The predicted octanol–water partition coefficient (Wildman–Crippen LogP) is 3.34. The summed E-state index contributed by atoms with van der Waals surface area (Å²) in [5, 5.41) is 3.45. The highest BCUT2D eigenvalue weighted by Crippen LogP contribution is 2.12. The fourth-order valence-corrected chi connectivity index (χ4v) is 1.66. The van der Waals surface area contributed by atoms with Crippen LogP contribution in [0.4, 0.5) is 0 Å². The lowest BCUT2D eigenvalue weighted by Crippen LogP contribution is -2.22. The van der Waals surface area contributed by atoms with Gasteiger partial charge in [-0.1, -0.05) is 25.7 Å². The highest BCUT2D eigenvalue weighted by atomic mass is 15.0. The van der Waals surface area contributed by atoms with E-state index in [4.69, 9.17) is 0 Å². The zero-order valence-electron chi connectivity index (χ0n) is 12.6. The average molecular weight is 246 g/mol. The summed E-state index contributed by atoms with van der Waals surface area (Å²) in [6.45, 7) is 14.6. The lowest BCUT2D eigenvalue weighted by Gasteiger charge is -2.09. The van der Waals surface area contributed by atoms with Gasteiger partial charge in [0.1, 0.15) is 0 Å². The molecule has 0 aromatic carbocycles. The third kappa shape index (κ3) is 4.98. The first-order valence-electron chi connectivity index (χ1n) is 6.67. The van der Waals surface area contributed by atoms with Crippen LogP contribution in [-0.2, 0) is 13.1 Å². The third-order valence-electron chi connectivity index (χ3n) is 2.76. The molecule has 0 saturated carbocycles. The highest BCUT2D eigenvalue weighted by Gasteiger charge is 2.05. The Hall–Kier alpha value is -1.20. The number of rotatable bonds is 4. The molecule has 0 atom stereocenters. The first-order valence-corrected chi connectivity index (χ1v) is 6.67. The Morgan fingerprint density at radius 3 is 2.56 bits per heavy atom. The molecule has 1 heterocycles. The Balaban J connectivity index is 2.65. The lowest BCUT2D eigenvalue weighted by atomic mass is 9.98. The minimum atomic E-state index is 0.0864. The standard InChI is InChI=1S/C16H26N2/c1-13(2)17-12-15-8-11-18(14(15)3)10-7-9-16(4,5)6/h8,11,13,17H,10,12H2,1-6H3. The zero-order chi connectivity index (χ0) is 13.8. The van der Waals surface area contributed by atoms with Gasteiger partial charge in [-0.25, -0.2) is 0 Å². The maximum absolute atomic E-state index is 3.45. The fraction of sp³-hybridized carbons (Fsp3) is 0.625. The molecular weight excluding hydrogens is 220 g/mol. The van der Waals surface area contributed by atoms with E-state index >= 15 is 0 Å². The number of nitrogens with zero attached hydrogens (tertiary/aromatic N) is 1. The molecule has 0 saturated heterocycles. The Morgan fingerprint density at radius 1 is 1.33 bits per heavy atom. The molecule has 2 nitrogen and oxygen atoms in total. The van der Waals surface area contributed by atoms with Crippen molar-refractivity contribution in [3.05, 3.63) is 23.5 Å². The van der Waals surface area contributed by atoms with Crippen LogP contribution in [0, 0.1) is 24.2 Å². The molecule has 0 aliphatic carbocycles. The van der Waals surface area contributed by atoms with Gasteiger partial charge in [0.2, 0.25) is 0 Å². The SMILES string of the molecule is Cc1c(CNC(C)C)ccn1CC#CC(C)(C)C. The van der Waals surface area contributed by atoms with E-state index in [1.54, 1.807) is 0 Å². The van der Waals surface area contributed by atoms with Gasteiger partial charge in [-0.15, -0.1) is 0 Å². The molecule has 2 heteroatoms. The summed E-state index contributed by atoms with van der Waals surface area (Å²) in [6.07, 6.45) is 2.13. The van der Waals surface area contributed by atoms with Crippen molar-refractivity contribution in [2.45, 2.75) is 60.7 Å². The molecular formula is C16H26N2. The van der Waals surface area contributed by atoms with Gasteiger partial charge in [-0.05, 0) is 39.3 Å². The van der Waals surface area contributed by atoms with E-state index in [1.165, 1.54) is 11.3 Å². The van der Waals surface area contributed by atoms with Crippen LogP contribution in [0.1, 0.15) is 45.9 Å². The summed E-state index contributed by atoms with van der Waals surface area (Å²) in [4.78, 5) is 0. The van der Waals surface area contributed by atoms with Crippen LogP contribution in [0.3, 0.4) is 0 Å². The molecule has 100 valence electrons. The van der Waals surface area contributed by atoms with E-state index in [1.807, 2.05) is 0 Å². The Bertz CT molecular complexity index is 436. The van der Waals surface area contributed by atoms with Crippen molar-refractivity contribution in [1.82, 2.24) is 9.88 Å². The Labute approximate surface area is 112 Å². The largest absolute Gasteiger partial charge is 0.340 e. The van der Waals surface area contributed by atoms with Crippen LogP contribution in [0.2, 0.25) is 0 Å². The number of nitrogens with one attached hydrogen (secondary N) is 1. The van der Waals surface area contributed by atoms with Crippen molar-refractivity contribution in [2.75, 3.05) is 0 Å². The summed E-state index contributed by atoms with van der Waals surface area (Å²) >= 11 is 0. The average Bonchev–Trinajstić information content (AvgIpc) is 2.56. The van der Waals surface area contributed by atoms with E-state index in [2.05, 4.69) is 75.5 Å². The fourth-order valence-electron chi connectivity index (χ4n) is 1.66. The summed E-state index contributed by atoms with van der Waals surface area (Å²) < 4.78 is 2.22. The van der Waals surface area contributed by atoms with Crippen molar-refractivity contribution in [3.63, 3.8) is 0 Å². The van der Waals surface area contributed by atoms with Crippen LogP contribution in [0.5, 0.6) is 0 Å². The molecule has 0 bridgehead atoms. The molecule has 0 aliphatic rings. The summed E-state index contributed by atoms with van der Waals surface area (Å²) in [5.74, 6) is 6.52. The number of aromatic nitrogens is 1. The Morgan fingerprint density at radius 2 is 2.00 bits per heavy atom. The molecule has 0 amide bonds. The molecule has 1 rings (SSSR count). The molecule has 18 heavy (non-hydrogen) atoms. The smallest absolute Gasteiger partial charge is 0.0834 e. The van der Waals surface area contributed by atoms with Crippen molar-refractivity contribution >= 4 is 0 Å². The van der Waals surface area contributed by atoms with E-state index in [0.29, 0.717) is 6.04 Å². The lowest BCUT2D eigenvalue weighted by molar-refractivity contribution is 0.569. The van der Waals surface area contributed by atoms with Crippen LogP contribution in [0.25, 0.3) is 0 Å². The van der Waals surface area contributed by atoms with Crippen LogP contribution < -0.4 is 5.32 Å². The summed E-state index contributed by atoms with van der Waals surface area (Å²) in [7, 11) is 0. The van der Waals surface area contributed by atoms with Gasteiger partial charge in [0.05, 0.1) is 6.54 Å². The second-order valence-electron chi connectivity index (χ2n) is 6.14. The van der Waals surface area contributed by atoms with Crippen molar-refractivity contribution in [1.29, 1.82) is 0 Å². The van der Waals surface area contributed by atoms with Crippen LogP contribution >= 0.6 is 0 Å². The monoisotopic (exact) mass is 246 g/mol. The topological polar surface area (TPSA) is 17.0 Å². The highest BCUT2D eigenvalue weighted by molar-refractivity contribution is 5.22. The predicted molar refractivity (Wildman–Crippen MR) is 78.4 cm³/mol. The quantitative estimate of drug-likeness (QED) is 0.806. The molecule has 0 fully saturated rings. The second-order valence-corrected chi connectivity index (χ2v) is 6.14. The molecule has 0 unspecified atom stereocenters. The molecule has 1 aromatic heterocycles. The minimum Gasteiger partial charge on any atom is -0.340 e. The normalized spacial score (nSPS) is 11.5. The van der Waals surface area contributed by atoms with Crippen molar-refractivity contribution in [2.24, 2.45) is 5.41 Å². The number of hydrogen-bond acceptors (Lipinski definition) is 1. The van der Waals surface area contributed by atoms with Gasteiger partial charge in [-0.2, -0.15) is 0 Å².